The molecule has 0 aliphatic rings. The van der Waals surface area contributed by atoms with Gasteiger partial charge in [0.15, 0.2) is 5.65 Å². The second kappa shape index (κ2) is 9.19. The summed E-state index contributed by atoms with van der Waals surface area (Å²) in [7, 11) is 1.60. The van der Waals surface area contributed by atoms with Gasteiger partial charge in [-0.2, -0.15) is 4.98 Å². The molecule has 2 heterocycles. The fraction of sp³-hybridized carbons (Fsp3) is 0.130. The van der Waals surface area contributed by atoms with Crippen LogP contribution in [0.15, 0.2) is 70.2 Å². The molecule has 0 saturated carbocycles. The number of hydrogen-bond acceptors (Lipinski definition) is 7. The Balaban J connectivity index is 1.87. The Kier molecular flexibility index (Phi) is 6.18. The summed E-state index contributed by atoms with van der Waals surface area (Å²) in [4.78, 5) is 34.3. The number of carbonyl (C=O) groups is 1. The van der Waals surface area contributed by atoms with Crippen molar-refractivity contribution in [2.75, 3.05) is 19.0 Å². The number of hydrogen-bond donors (Lipinski definition) is 1. The number of halogens is 1. The van der Waals surface area contributed by atoms with Gasteiger partial charge < -0.3 is 19.4 Å². The van der Waals surface area contributed by atoms with Crippen LogP contribution in [-0.2, 0) is 4.74 Å². The predicted octanol–water partition coefficient (Wildman–Crippen LogP) is 4.47. The van der Waals surface area contributed by atoms with Gasteiger partial charge in [-0.3, -0.25) is 4.79 Å². The van der Waals surface area contributed by atoms with Crippen molar-refractivity contribution >= 4 is 44.6 Å². The molecule has 0 saturated heterocycles. The van der Waals surface area contributed by atoms with Gasteiger partial charge in [0.25, 0.3) is 0 Å². The minimum Gasteiger partial charge on any atom is -0.497 e. The number of pyridine rings is 1. The topological polar surface area (TPSA) is 95.3 Å². The number of benzene rings is 2. The number of esters is 1. The zero-order chi connectivity index (χ0) is 22.7. The molecule has 0 atom stereocenters. The van der Waals surface area contributed by atoms with Gasteiger partial charge in [-0.05, 0) is 49.4 Å². The molecule has 0 bridgehead atoms. The van der Waals surface area contributed by atoms with Crippen molar-refractivity contribution in [2.24, 2.45) is 0 Å². The van der Waals surface area contributed by atoms with Gasteiger partial charge in [-0.1, -0.05) is 22.0 Å². The number of nitrogens with one attached hydrogen (secondary N) is 1. The van der Waals surface area contributed by atoms with E-state index in [1.54, 1.807) is 18.6 Å². The van der Waals surface area contributed by atoms with E-state index in [1.807, 2.05) is 48.5 Å². The summed E-state index contributed by atoms with van der Waals surface area (Å²) in [5, 5.41) is 3.32. The molecular weight excluding hydrogens is 476 g/mol. The molecule has 162 valence electrons. The highest BCUT2D eigenvalue weighted by atomic mass is 79.9. The second-order valence-corrected chi connectivity index (χ2v) is 7.64. The molecule has 2 aromatic carbocycles. The molecule has 0 fully saturated rings. The van der Waals surface area contributed by atoms with Crippen LogP contribution in [0.5, 0.6) is 5.75 Å². The van der Waals surface area contributed by atoms with Gasteiger partial charge in [0.05, 0.1) is 19.1 Å². The second-order valence-electron chi connectivity index (χ2n) is 6.73. The zero-order valence-corrected chi connectivity index (χ0v) is 18.9. The van der Waals surface area contributed by atoms with Crippen molar-refractivity contribution < 1.29 is 14.3 Å². The van der Waals surface area contributed by atoms with Gasteiger partial charge in [0.1, 0.15) is 11.3 Å². The lowest BCUT2D eigenvalue weighted by Crippen LogP contribution is -2.21. The smallest absolute Gasteiger partial charge is 0.343 e. The zero-order valence-electron chi connectivity index (χ0n) is 17.3. The Morgan fingerprint density at radius 3 is 2.66 bits per heavy atom. The lowest BCUT2D eigenvalue weighted by Gasteiger charge is -2.14. The number of ether oxygens (including phenoxy) is 2. The molecule has 0 aliphatic carbocycles. The summed E-state index contributed by atoms with van der Waals surface area (Å²) in [6.07, 6.45) is 2.86. The quantitative estimate of drug-likeness (QED) is 0.395. The molecule has 9 heteroatoms. The lowest BCUT2D eigenvalue weighted by atomic mass is 10.2. The summed E-state index contributed by atoms with van der Waals surface area (Å²) in [5.74, 6) is 0.336. The summed E-state index contributed by atoms with van der Waals surface area (Å²) >= 11 is 3.46. The third kappa shape index (κ3) is 4.33. The highest BCUT2D eigenvalue weighted by molar-refractivity contribution is 9.10. The fourth-order valence-electron chi connectivity index (χ4n) is 3.15. The first-order valence-electron chi connectivity index (χ1n) is 9.76. The van der Waals surface area contributed by atoms with Gasteiger partial charge in [0, 0.05) is 28.2 Å². The molecule has 0 amide bonds. The van der Waals surface area contributed by atoms with E-state index in [0.717, 1.165) is 15.9 Å². The number of carbonyl (C=O) groups excluding carboxylic acids is 1. The average molecular weight is 495 g/mol. The summed E-state index contributed by atoms with van der Waals surface area (Å²) in [5.41, 5.74) is 1.25. The van der Waals surface area contributed by atoms with Crippen molar-refractivity contribution in [1.82, 2.24) is 14.5 Å². The highest BCUT2D eigenvalue weighted by Gasteiger charge is 2.19. The van der Waals surface area contributed by atoms with Crippen molar-refractivity contribution in [3.63, 3.8) is 0 Å². The molecule has 0 spiro atoms. The Bertz CT molecular complexity index is 1350. The van der Waals surface area contributed by atoms with Crippen molar-refractivity contribution in [3.05, 3.63) is 81.2 Å². The van der Waals surface area contributed by atoms with E-state index >= 15 is 0 Å². The molecule has 0 radical (unpaired) electrons. The van der Waals surface area contributed by atoms with E-state index in [0.29, 0.717) is 17.3 Å². The highest BCUT2D eigenvalue weighted by Crippen LogP contribution is 2.22. The maximum absolute atomic E-state index is 13.0. The maximum atomic E-state index is 13.0. The standard InChI is InChI=1S/C23H19BrN4O4/c1-3-32-22(30)19-13-28(16-6-4-5-14(24)11-16)21-18(20(19)29)12-25-23(27-21)26-15-7-9-17(31-2)10-8-15/h4-13H,3H2,1-2H3,(H,25,26,27). The maximum Gasteiger partial charge on any atom is 0.343 e. The normalized spacial score (nSPS) is 10.7. The fourth-order valence-corrected chi connectivity index (χ4v) is 3.54. The van der Waals surface area contributed by atoms with E-state index in [2.05, 4.69) is 31.2 Å². The third-order valence-corrected chi connectivity index (χ3v) is 5.17. The van der Waals surface area contributed by atoms with E-state index in [9.17, 15) is 9.59 Å². The lowest BCUT2D eigenvalue weighted by molar-refractivity contribution is 0.0524. The first kappa shape index (κ1) is 21.5. The van der Waals surface area contributed by atoms with E-state index in [-0.39, 0.29) is 17.6 Å². The number of aromatic nitrogens is 3. The molecule has 2 aromatic heterocycles. The molecule has 4 rings (SSSR count). The minimum atomic E-state index is -0.691. The number of fused-ring (bicyclic) bond motifs is 1. The van der Waals surface area contributed by atoms with Gasteiger partial charge in [0.2, 0.25) is 11.4 Å². The third-order valence-electron chi connectivity index (χ3n) is 4.67. The summed E-state index contributed by atoms with van der Waals surface area (Å²) in [6.45, 7) is 1.85. The molecular formula is C23H19BrN4O4. The Hall–Kier alpha value is -3.72. The molecule has 1 N–H and O–H groups in total. The van der Waals surface area contributed by atoms with Gasteiger partial charge >= 0.3 is 5.97 Å². The van der Waals surface area contributed by atoms with Crippen LogP contribution in [0.4, 0.5) is 11.6 Å². The van der Waals surface area contributed by atoms with Crippen LogP contribution < -0.4 is 15.5 Å². The Morgan fingerprint density at radius 1 is 1.19 bits per heavy atom. The van der Waals surface area contributed by atoms with Gasteiger partial charge in [-0.15, -0.1) is 0 Å². The largest absolute Gasteiger partial charge is 0.497 e. The van der Waals surface area contributed by atoms with Crippen molar-refractivity contribution in [1.29, 1.82) is 0 Å². The number of anilines is 2. The summed E-state index contributed by atoms with van der Waals surface area (Å²) < 4.78 is 12.8. The molecule has 32 heavy (non-hydrogen) atoms. The van der Waals surface area contributed by atoms with E-state index in [4.69, 9.17) is 9.47 Å². The molecule has 8 nitrogen and oxygen atoms in total. The first-order chi connectivity index (χ1) is 15.5. The van der Waals surface area contributed by atoms with Crippen molar-refractivity contribution in [3.8, 4) is 11.4 Å². The number of methoxy groups -OCH3 is 1. The van der Waals surface area contributed by atoms with Gasteiger partial charge in [-0.25, -0.2) is 9.78 Å². The van der Waals surface area contributed by atoms with Crippen molar-refractivity contribution in [2.45, 2.75) is 6.92 Å². The van der Waals surface area contributed by atoms with Crippen LogP contribution in [0.25, 0.3) is 16.7 Å². The van der Waals surface area contributed by atoms with Crippen LogP contribution in [-0.4, -0.2) is 34.2 Å². The van der Waals surface area contributed by atoms with E-state index in [1.165, 1.54) is 12.4 Å². The first-order valence-corrected chi connectivity index (χ1v) is 10.6. The SMILES string of the molecule is CCOC(=O)c1cn(-c2cccc(Br)c2)c2nc(Nc3ccc(OC)cc3)ncc2c1=O. The number of nitrogens with zero attached hydrogens (tertiary/aromatic N) is 3. The van der Waals surface area contributed by atoms with Crippen LogP contribution in [0.1, 0.15) is 17.3 Å². The average Bonchev–Trinajstić information content (AvgIpc) is 2.80. The molecule has 4 aromatic rings. The van der Waals surface area contributed by atoms with Crippen LogP contribution >= 0.6 is 15.9 Å². The molecule has 0 aliphatic heterocycles. The minimum absolute atomic E-state index is 0.0845. The summed E-state index contributed by atoms with van der Waals surface area (Å²) in [6, 6.07) is 14.7. The number of rotatable bonds is 6. The monoisotopic (exact) mass is 494 g/mol. The van der Waals surface area contributed by atoms with E-state index < -0.39 is 11.4 Å². The van der Waals surface area contributed by atoms with Crippen LogP contribution in [0.3, 0.4) is 0 Å². The molecule has 0 unspecified atom stereocenters. The Labute approximate surface area is 192 Å². The van der Waals surface area contributed by atoms with Crippen LogP contribution in [0.2, 0.25) is 0 Å². The van der Waals surface area contributed by atoms with Crippen LogP contribution in [0, 0.1) is 0 Å². The predicted molar refractivity (Wildman–Crippen MR) is 125 cm³/mol. The Morgan fingerprint density at radius 2 is 1.97 bits per heavy atom.